The SMILES string of the molecule is CC(C)C(=O)Nc1ccc(C(=O)C(C)Sc2nnc(-c3ccccc3Br)o2)cc1. The topological polar surface area (TPSA) is 85.1 Å². The molecular weight excluding hydrogens is 454 g/mol. The fraction of sp³-hybridized carbons (Fsp3) is 0.238. The standard InChI is InChI=1S/C21H20BrN3O3S/c1-12(2)19(27)23-15-10-8-14(9-11-15)18(26)13(3)29-21-25-24-20(28-21)16-6-4-5-7-17(16)22/h4-13H,1-3H3,(H,23,27). The number of amides is 1. The van der Waals surface area contributed by atoms with Crippen LogP contribution in [0, 0.1) is 5.92 Å². The van der Waals surface area contributed by atoms with Gasteiger partial charge in [0.05, 0.1) is 10.8 Å². The fourth-order valence-corrected chi connectivity index (χ4v) is 3.66. The van der Waals surface area contributed by atoms with Gasteiger partial charge in [0.2, 0.25) is 11.8 Å². The van der Waals surface area contributed by atoms with Crippen molar-refractivity contribution in [2.24, 2.45) is 5.92 Å². The van der Waals surface area contributed by atoms with Crippen molar-refractivity contribution in [3.63, 3.8) is 0 Å². The molecule has 3 rings (SSSR count). The van der Waals surface area contributed by atoms with Crippen LogP contribution < -0.4 is 5.32 Å². The summed E-state index contributed by atoms with van der Waals surface area (Å²) in [5.41, 5.74) is 2.01. The van der Waals surface area contributed by atoms with Crippen LogP contribution in [0.15, 0.2) is 62.6 Å². The van der Waals surface area contributed by atoms with E-state index in [1.807, 2.05) is 38.1 Å². The van der Waals surface area contributed by atoms with E-state index in [0.717, 1.165) is 10.0 Å². The summed E-state index contributed by atoms with van der Waals surface area (Å²) in [7, 11) is 0. The summed E-state index contributed by atoms with van der Waals surface area (Å²) in [6.07, 6.45) is 0. The fourth-order valence-electron chi connectivity index (χ4n) is 2.44. The number of thioether (sulfide) groups is 1. The number of nitrogens with one attached hydrogen (secondary N) is 1. The number of aromatic nitrogens is 2. The minimum absolute atomic E-state index is 0.0580. The first-order valence-electron chi connectivity index (χ1n) is 9.05. The normalized spacial score (nSPS) is 12.0. The lowest BCUT2D eigenvalue weighted by molar-refractivity contribution is -0.118. The summed E-state index contributed by atoms with van der Waals surface area (Å²) < 4.78 is 6.56. The Morgan fingerprint density at radius 3 is 2.38 bits per heavy atom. The summed E-state index contributed by atoms with van der Waals surface area (Å²) in [5.74, 6) is 0.163. The van der Waals surface area contributed by atoms with Gasteiger partial charge in [-0.2, -0.15) is 0 Å². The minimum atomic E-state index is -0.404. The Balaban J connectivity index is 1.65. The van der Waals surface area contributed by atoms with Crippen LogP contribution in [0.1, 0.15) is 31.1 Å². The molecule has 0 aliphatic carbocycles. The lowest BCUT2D eigenvalue weighted by atomic mass is 10.1. The molecule has 2 aromatic carbocycles. The maximum absolute atomic E-state index is 12.7. The van der Waals surface area contributed by atoms with Gasteiger partial charge in [0.25, 0.3) is 5.22 Å². The third-order valence-electron chi connectivity index (χ3n) is 4.12. The molecule has 6 nitrogen and oxygen atoms in total. The molecule has 8 heteroatoms. The number of Topliss-reactive ketones (excluding diaryl/α,β-unsaturated/α-hetero) is 1. The van der Waals surface area contributed by atoms with Crippen LogP contribution >= 0.6 is 27.7 Å². The molecular formula is C21H20BrN3O3S. The summed E-state index contributed by atoms with van der Waals surface area (Å²) >= 11 is 4.67. The first-order valence-corrected chi connectivity index (χ1v) is 10.7. The van der Waals surface area contributed by atoms with E-state index in [1.165, 1.54) is 11.8 Å². The number of halogens is 1. The number of benzene rings is 2. The molecule has 0 saturated heterocycles. The molecule has 1 unspecified atom stereocenters. The summed E-state index contributed by atoms with van der Waals surface area (Å²) in [6, 6.07) is 14.4. The van der Waals surface area contributed by atoms with E-state index in [1.54, 1.807) is 31.2 Å². The zero-order valence-corrected chi connectivity index (χ0v) is 18.6. The highest BCUT2D eigenvalue weighted by molar-refractivity contribution is 9.10. The molecule has 0 radical (unpaired) electrons. The minimum Gasteiger partial charge on any atom is -0.411 e. The molecule has 0 spiro atoms. The first-order chi connectivity index (χ1) is 13.8. The number of carbonyl (C=O) groups is 2. The zero-order valence-electron chi connectivity index (χ0n) is 16.2. The van der Waals surface area contributed by atoms with Crippen LogP contribution in [0.4, 0.5) is 5.69 Å². The smallest absolute Gasteiger partial charge is 0.277 e. The van der Waals surface area contributed by atoms with Gasteiger partial charge in [0.1, 0.15) is 0 Å². The molecule has 0 aliphatic heterocycles. The van der Waals surface area contributed by atoms with Crippen molar-refractivity contribution in [2.75, 3.05) is 5.32 Å². The molecule has 150 valence electrons. The Morgan fingerprint density at radius 1 is 1.03 bits per heavy atom. The van der Waals surface area contributed by atoms with Crippen molar-refractivity contribution in [1.82, 2.24) is 10.2 Å². The molecule has 1 atom stereocenters. The monoisotopic (exact) mass is 473 g/mol. The van der Waals surface area contributed by atoms with Crippen molar-refractivity contribution in [3.8, 4) is 11.5 Å². The molecule has 1 aromatic heterocycles. The van der Waals surface area contributed by atoms with Crippen molar-refractivity contribution in [3.05, 3.63) is 58.6 Å². The van der Waals surface area contributed by atoms with Gasteiger partial charge in [0, 0.05) is 21.6 Å². The highest BCUT2D eigenvalue weighted by Crippen LogP contribution is 2.31. The van der Waals surface area contributed by atoms with Gasteiger partial charge in [-0.25, -0.2) is 0 Å². The van der Waals surface area contributed by atoms with Crippen molar-refractivity contribution in [1.29, 1.82) is 0 Å². The molecule has 0 saturated carbocycles. The molecule has 29 heavy (non-hydrogen) atoms. The average molecular weight is 474 g/mol. The van der Waals surface area contributed by atoms with Gasteiger partial charge in [-0.3, -0.25) is 9.59 Å². The molecule has 0 aliphatic rings. The van der Waals surface area contributed by atoms with Crippen molar-refractivity contribution >= 4 is 45.1 Å². The summed E-state index contributed by atoms with van der Waals surface area (Å²) in [5, 5.41) is 10.8. The molecule has 3 aromatic rings. The van der Waals surface area contributed by atoms with E-state index in [9.17, 15) is 9.59 Å². The zero-order chi connectivity index (χ0) is 21.0. The Bertz CT molecular complexity index is 1020. The maximum atomic E-state index is 12.7. The number of anilines is 1. The van der Waals surface area contributed by atoms with E-state index < -0.39 is 5.25 Å². The highest BCUT2D eigenvalue weighted by atomic mass is 79.9. The van der Waals surface area contributed by atoms with Crippen molar-refractivity contribution < 1.29 is 14.0 Å². The molecule has 1 heterocycles. The molecule has 1 amide bonds. The maximum Gasteiger partial charge on any atom is 0.277 e. The third-order valence-corrected chi connectivity index (χ3v) is 5.74. The number of hydrogen-bond acceptors (Lipinski definition) is 6. The highest BCUT2D eigenvalue weighted by Gasteiger charge is 2.21. The van der Waals surface area contributed by atoms with Crippen molar-refractivity contribution in [2.45, 2.75) is 31.2 Å². The second-order valence-electron chi connectivity index (χ2n) is 6.70. The largest absolute Gasteiger partial charge is 0.411 e. The second-order valence-corrected chi connectivity index (χ2v) is 8.84. The molecule has 0 fully saturated rings. The quantitative estimate of drug-likeness (QED) is 0.362. The van der Waals surface area contributed by atoms with Gasteiger partial charge in [0.15, 0.2) is 5.78 Å². The van der Waals surface area contributed by atoms with Crippen LogP contribution in [0.3, 0.4) is 0 Å². The number of nitrogens with zero attached hydrogens (tertiary/aromatic N) is 2. The van der Waals surface area contributed by atoms with E-state index in [-0.39, 0.29) is 17.6 Å². The van der Waals surface area contributed by atoms with Crippen LogP contribution in [-0.2, 0) is 4.79 Å². The lowest BCUT2D eigenvalue weighted by Gasteiger charge is -2.10. The Labute approximate surface area is 181 Å². The van der Waals surface area contributed by atoms with E-state index in [0.29, 0.717) is 22.4 Å². The van der Waals surface area contributed by atoms with Gasteiger partial charge < -0.3 is 9.73 Å². The summed E-state index contributed by atoms with van der Waals surface area (Å²) in [4.78, 5) is 24.5. The van der Waals surface area contributed by atoms with Gasteiger partial charge in [-0.1, -0.05) is 37.7 Å². The molecule has 0 bridgehead atoms. The first kappa shape index (κ1) is 21.3. The Morgan fingerprint density at radius 2 is 1.72 bits per heavy atom. The predicted molar refractivity (Wildman–Crippen MR) is 117 cm³/mol. The van der Waals surface area contributed by atoms with E-state index in [4.69, 9.17) is 4.42 Å². The van der Waals surface area contributed by atoms with Gasteiger partial charge >= 0.3 is 0 Å². The third kappa shape index (κ3) is 5.33. The number of rotatable bonds is 7. The van der Waals surface area contributed by atoms with Crippen LogP contribution in [0.25, 0.3) is 11.5 Å². The average Bonchev–Trinajstić information content (AvgIpc) is 3.16. The Hall–Kier alpha value is -2.45. The number of hydrogen-bond donors (Lipinski definition) is 1. The van der Waals surface area contributed by atoms with Gasteiger partial charge in [-0.05, 0) is 59.3 Å². The number of carbonyl (C=O) groups excluding carboxylic acids is 2. The van der Waals surface area contributed by atoms with Crippen LogP contribution in [0.2, 0.25) is 0 Å². The second kappa shape index (κ2) is 9.37. The van der Waals surface area contributed by atoms with Crippen LogP contribution in [-0.4, -0.2) is 27.1 Å². The Kier molecular flexibility index (Phi) is 6.87. The molecule has 1 N–H and O–H groups in total. The van der Waals surface area contributed by atoms with E-state index in [2.05, 4.69) is 31.4 Å². The lowest BCUT2D eigenvalue weighted by Crippen LogP contribution is -2.18. The predicted octanol–water partition coefficient (Wildman–Crippen LogP) is 5.46. The van der Waals surface area contributed by atoms with E-state index >= 15 is 0 Å². The summed E-state index contributed by atoms with van der Waals surface area (Å²) in [6.45, 7) is 5.45. The van der Waals surface area contributed by atoms with Crippen LogP contribution in [0.5, 0.6) is 0 Å². The number of ketones is 1. The van der Waals surface area contributed by atoms with Gasteiger partial charge in [-0.15, -0.1) is 10.2 Å².